The van der Waals surface area contributed by atoms with Crippen LogP contribution in [0.4, 0.5) is 4.39 Å². The predicted octanol–water partition coefficient (Wildman–Crippen LogP) is 3.21. The molecule has 2 rings (SSSR count). The minimum Gasteiger partial charge on any atom is -0.393 e. The van der Waals surface area contributed by atoms with Gasteiger partial charge in [-0.3, -0.25) is 0 Å². The first kappa shape index (κ1) is 12.8. The first-order valence-electron chi connectivity index (χ1n) is 6.10. The zero-order chi connectivity index (χ0) is 12.8. The van der Waals surface area contributed by atoms with Crippen molar-refractivity contribution in [1.29, 1.82) is 5.26 Å². The van der Waals surface area contributed by atoms with E-state index < -0.39 is 6.17 Å². The van der Waals surface area contributed by atoms with Crippen LogP contribution in [0.25, 0.3) is 0 Å². The van der Waals surface area contributed by atoms with Crippen molar-refractivity contribution in [2.75, 3.05) is 0 Å². The molecular formula is C13H19FN2S. The molecule has 1 heterocycles. The second-order valence-electron chi connectivity index (χ2n) is 5.72. The van der Waals surface area contributed by atoms with Gasteiger partial charge in [-0.1, -0.05) is 20.8 Å². The zero-order valence-corrected chi connectivity index (χ0v) is 11.4. The summed E-state index contributed by atoms with van der Waals surface area (Å²) >= 11 is 1.50. The lowest BCUT2D eigenvalue weighted by atomic mass is 9.59. The fourth-order valence-corrected chi connectivity index (χ4v) is 4.75. The highest BCUT2D eigenvalue weighted by Crippen LogP contribution is 2.58. The summed E-state index contributed by atoms with van der Waals surface area (Å²) in [4.78, 5) is 0. The van der Waals surface area contributed by atoms with Crippen LogP contribution >= 0.6 is 11.8 Å². The molecular weight excluding hydrogens is 235 g/mol. The average Bonchev–Trinajstić information content (AvgIpc) is 2.53. The van der Waals surface area contributed by atoms with E-state index in [-0.39, 0.29) is 16.6 Å². The number of fused-ring (bicyclic) bond motifs is 1. The van der Waals surface area contributed by atoms with Crippen molar-refractivity contribution in [2.24, 2.45) is 23.0 Å². The van der Waals surface area contributed by atoms with E-state index in [4.69, 9.17) is 5.73 Å². The maximum Gasteiger partial charge on any atom is 0.102 e. The third-order valence-electron chi connectivity index (χ3n) is 4.53. The Morgan fingerprint density at radius 3 is 2.76 bits per heavy atom. The van der Waals surface area contributed by atoms with Crippen molar-refractivity contribution in [3.8, 4) is 6.07 Å². The molecule has 0 bridgehead atoms. The SMILES string of the molecule is CC(C)C1(C)CC(F)CC2SC(N)=C(C#N)C21. The molecule has 94 valence electrons. The smallest absolute Gasteiger partial charge is 0.102 e. The Kier molecular flexibility index (Phi) is 3.15. The monoisotopic (exact) mass is 254 g/mol. The Morgan fingerprint density at radius 1 is 1.59 bits per heavy atom. The molecule has 2 aliphatic rings. The molecule has 0 radical (unpaired) electrons. The standard InChI is InChI=1S/C13H19FN2S/c1-7(2)13(3)5-8(14)4-10-11(13)9(6-15)12(16)17-10/h7-8,10-11H,4-5,16H2,1-3H3. The van der Waals surface area contributed by atoms with Crippen molar-refractivity contribution >= 4 is 11.8 Å². The first-order valence-corrected chi connectivity index (χ1v) is 6.98. The Hall–Kier alpha value is -0.690. The van der Waals surface area contributed by atoms with Crippen molar-refractivity contribution in [3.05, 3.63) is 10.6 Å². The average molecular weight is 254 g/mol. The highest BCUT2D eigenvalue weighted by Gasteiger charge is 2.53. The Morgan fingerprint density at radius 2 is 2.24 bits per heavy atom. The summed E-state index contributed by atoms with van der Waals surface area (Å²) in [5.74, 6) is 0.480. The van der Waals surface area contributed by atoms with Crippen LogP contribution in [0.3, 0.4) is 0 Å². The van der Waals surface area contributed by atoms with E-state index >= 15 is 0 Å². The van der Waals surface area contributed by atoms with Gasteiger partial charge in [0.2, 0.25) is 0 Å². The third-order valence-corrected chi connectivity index (χ3v) is 5.77. The number of nitrogens with two attached hydrogens (primary N) is 1. The lowest BCUT2D eigenvalue weighted by Gasteiger charge is -2.47. The second kappa shape index (κ2) is 4.20. The number of thioether (sulfide) groups is 1. The number of hydrogen-bond acceptors (Lipinski definition) is 3. The first-order chi connectivity index (χ1) is 7.90. The maximum absolute atomic E-state index is 13.9. The van der Waals surface area contributed by atoms with Crippen LogP contribution < -0.4 is 5.73 Å². The molecule has 2 N–H and O–H groups in total. The van der Waals surface area contributed by atoms with Crippen molar-refractivity contribution in [3.63, 3.8) is 0 Å². The van der Waals surface area contributed by atoms with Crippen LogP contribution in [0.15, 0.2) is 10.6 Å². The van der Waals surface area contributed by atoms with E-state index in [0.29, 0.717) is 29.4 Å². The Labute approximate surface area is 106 Å². The molecule has 4 unspecified atom stereocenters. The van der Waals surface area contributed by atoms with Crippen LogP contribution in [-0.4, -0.2) is 11.4 Å². The van der Waals surface area contributed by atoms with Crippen LogP contribution in [0.5, 0.6) is 0 Å². The van der Waals surface area contributed by atoms with E-state index in [2.05, 4.69) is 26.8 Å². The van der Waals surface area contributed by atoms with E-state index in [1.54, 1.807) is 0 Å². The van der Waals surface area contributed by atoms with Gasteiger partial charge in [-0.2, -0.15) is 5.26 Å². The predicted molar refractivity (Wildman–Crippen MR) is 68.8 cm³/mol. The highest BCUT2D eigenvalue weighted by molar-refractivity contribution is 8.03. The summed E-state index contributed by atoms with van der Waals surface area (Å²) in [6, 6.07) is 2.25. The quantitative estimate of drug-likeness (QED) is 0.781. The molecule has 0 amide bonds. The molecule has 1 fully saturated rings. The largest absolute Gasteiger partial charge is 0.393 e. The summed E-state index contributed by atoms with van der Waals surface area (Å²) in [5.41, 5.74) is 6.46. The van der Waals surface area contributed by atoms with Gasteiger partial charge in [-0.05, 0) is 24.2 Å². The van der Waals surface area contributed by atoms with Crippen molar-refractivity contribution < 1.29 is 4.39 Å². The lowest BCUT2D eigenvalue weighted by Crippen LogP contribution is -2.45. The van der Waals surface area contributed by atoms with Crippen LogP contribution in [-0.2, 0) is 0 Å². The number of alkyl halides is 1. The Bertz CT molecular complexity index is 399. The van der Waals surface area contributed by atoms with Gasteiger partial charge in [0.1, 0.15) is 6.17 Å². The highest BCUT2D eigenvalue weighted by atomic mass is 32.2. The summed E-state index contributed by atoms with van der Waals surface area (Å²) in [5, 5.41) is 10.0. The normalized spacial score (nSPS) is 41.5. The number of rotatable bonds is 1. The summed E-state index contributed by atoms with van der Waals surface area (Å²) in [6.07, 6.45) is 0.316. The van der Waals surface area contributed by atoms with Gasteiger partial charge in [0.15, 0.2) is 0 Å². The van der Waals surface area contributed by atoms with Crippen molar-refractivity contribution in [2.45, 2.75) is 45.0 Å². The topological polar surface area (TPSA) is 49.8 Å². The summed E-state index contributed by atoms with van der Waals surface area (Å²) in [6.45, 7) is 6.34. The number of allylic oxidation sites excluding steroid dienone is 1. The molecule has 0 spiro atoms. The minimum atomic E-state index is -0.762. The molecule has 1 aliphatic heterocycles. The van der Waals surface area contributed by atoms with E-state index in [9.17, 15) is 9.65 Å². The lowest BCUT2D eigenvalue weighted by molar-refractivity contribution is 0.0422. The third kappa shape index (κ3) is 1.85. The van der Waals surface area contributed by atoms with Gasteiger partial charge in [0, 0.05) is 11.2 Å². The molecule has 0 saturated heterocycles. The number of nitriles is 1. The van der Waals surface area contributed by atoms with Gasteiger partial charge >= 0.3 is 0 Å². The Balaban J connectivity index is 2.42. The fourth-order valence-electron chi connectivity index (χ4n) is 3.23. The second-order valence-corrected chi connectivity index (χ2v) is 7.00. The number of hydrogen-bond donors (Lipinski definition) is 1. The molecule has 1 aliphatic carbocycles. The van der Waals surface area contributed by atoms with Crippen LogP contribution in [0.2, 0.25) is 0 Å². The molecule has 4 atom stereocenters. The zero-order valence-electron chi connectivity index (χ0n) is 10.5. The number of nitrogens with zero attached hydrogens (tertiary/aromatic N) is 1. The number of halogens is 1. The van der Waals surface area contributed by atoms with E-state index in [0.717, 1.165) is 0 Å². The van der Waals surface area contributed by atoms with Gasteiger partial charge < -0.3 is 5.73 Å². The summed E-state index contributed by atoms with van der Waals surface area (Å²) in [7, 11) is 0. The molecule has 0 aromatic heterocycles. The molecule has 4 heteroatoms. The van der Waals surface area contributed by atoms with Gasteiger partial charge in [-0.15, -0.1) is 11.8 Å². The molecule has 0 aromatic rings. The van der Waals surface area contributed by atoms with Crippen LogP contribution in [0, 0.1) is 28.6 Å². The van der Waals surface area contributed by atoms with Gasteiger partial charge in [0.25, 0.3) is 0 Å². The summed E-state index contributed by atoms with van der Waals surface area (Å²) < 4.78 is 13.9. The van der Waals surface area contributed by atoms with E-state index in [1.165, 1.54) is 11.8 Å². The molecule has 2 nitrogen and oxygen atoms in total. The van der Waals surface area contributed by atoms with E-state index in [1.807, 2.05) is 0 Å². The van der Waals surface area contributed by atoms with Gasteiger partial charge in [0.05, 0.1) is 16.7 Å². The van der Waals surface area contributed by atoms with Crippen molar-refractivity contribution in [1.82, 2.24) is 0 Å². The molecule has 17 heavy (non-hydrogen) atoms. The maximum atomic E-state index is 13.9. The van der Waals surface area contributed by atoms with Crippen LogP contribution in [0.1, 0.15) is 33.6 Å². The molecule has 1 saturated carbocycles. The minimum absolute atomic E-state index is 0.129. The molecule has 0 aromatic carbocycles. The fraction of sp³-hybridized carbons (Fsp3) is 0.769. The van der Waals surface area contributed by atoms with Gasteiger partial charge in [-0.25, -0.2) is 4.39 Å².